The lowest BCUT2D eigenvalue weighted by Gasteiger charge is -2.05. The Balaban J connectivity index is 2.13. The van der Waals surface area contributed by atoms with E-state index in [1.54, 1.807) is 24.3 Å². The van der Waals surface area contributed by atoms with Gasteiger partial charge in [0.1, 0.15) is 17.8 Å². The van der Waals surface area contributed by atoms with Crippen LogP contribution in [0.1, 0.15) is 0 Å². The van der Waals surface area contributed by atoms with Gasteiger partial charge in [-0.15, -0.1) is 0 Å². The fourth-order valence-corrected chi connectivity index (χ4v) is 2.59. The second-order valence-electron chi connectivity index (χ2n) is 4.51. The molecule has 9 heteroatoms. The average Bonchev–Trinajstić information content (AvgIpc) is 2.82. The number of aromatic amines is 1. The molecular weight excluding hydrogens is 292 g/mol. The van der Waals surface area contributed by atoms with E-state index < -0.39 is 10.0 Å². The van der Waals surface area contributed by atoms with Crippen LogP contribution in [0.25, 0.3) is 22.3 Å². The minimum Gasteiger partial charge on any atom is -0.383 e. The minimum absolute atomic E-state index is 0.310. The van der Waals surface area contributed by atoms with Crippen molar-refractivity contribution in [3.8, 4) is 11.3 Å². The predicted molar refractivity (Wildman–Crippen MR) is 80.0 cm³/mol. The van der Waals surface area contributed by atoms with Crippen LogP contribution in [0.3, 0.4) is 0 Å². The van der Waals surface area contributed by atoms with Gasteiger partial charge in [-0.1, -0.05) is 12.1 Å². The molecule has 0 radical (unpaired) electrons. The van der Waals surface area contributed by atoms with E-state index in [9.17, 15) is 8.42 Å². The number of aromatic nitrogens is 4. The molecular formula is C12H12N6O2S. The fraction of sp³-hybridized carbons (Fsp3) is 0.0833. The number of rotatable bonds is 3. The summed E-state index contributed by atoms with van der Waals surface area (Å²) < 4.78 is 25.0. The van der Waals surface area contributed by atoms with Crippen LogP contribution in [0.2, 0.25) is 0 Å². The van der Waals surface area contributed by atoms with Crippen molar-refractivity contribution in [1.29, 1.82) is 0 Å². The molecule has 0 saturated carbocycles. The SMILES string of the molecule is CS(=O)(=O)Nc1cccc(-c2n[nH]c3ncnc(N)c23)c1. The summed E-state index contributed by atoms with van der Waals surface area (Å²) >= 11 is 0. The van der Waals surface area contributed by atoms with Gasteiger partial charge in [-0.2, -0.15) is 5.10 Å². The highest BCUT2D eigenvalue weighted by Gasteiger charge is 2.13. The molecule has 0 spiro atoms. The van der Waals surface area contributed by atoms with Gasteiger partial charge in [0.2, 0.25) is 10.0 Å². The summed E-state index contributed by atoms with van der Waals surface area (Å²) in [6.45, 7) is 0. The topological polar surface area (TPSA) is 127 Å². The number of nitrogen functional groups attached to an aromatic ring is 1. The number of H-pyrrole nitrogens is 1. The number of nitrogens with zero attached hydrogens (tertiary/aromatic N) is 3. The number of nitrogens with one attached hydrogen (secondary N) is 2. The number of fused-ring (bicyclic) bond motifs is 1. The Morgan fingerprint density at radius 3 is 2.86 bits per heavy atom. The van der Waals surface area contributed by atoms with Crippen molar-refractivity contribution in [3.05, 3.63) is 30.6 Å². The van der Waals surface area contributed by atoms with E-state index >= 15 is 0 Å². The van der Waals surface area contributed by atoms with Gasteiger partial charge in [0.15, 0.2) is 5.65 Å². The zero-order chi connectivity index (χ0) is 15.0. The van der Waals surface area contributed by atoms with Gasteiger partial charge in [-0.25, -0.2) is 18.4 Å². The van der Waals surface area contributed by atoms with Crippen molar-refractivity contribution >= 4 is 32.6 Å². The number of hydrogen-bond donors (Lipinski definition) is 3. The first-order chi connectivity index (χ1) is 9.94. The largest absolute Gasteiger partial charge is 0.383 e. The normalized spacial score (nSPS) is 11.7. The molecule has 4 N–H and O–H groups in total. The molecule has 0 aliphatic heterocycles. The third kappa shape index (κ3) is 2.63. The van der Waals surface area contributed by atoms with Gasteiger partial charge in [0.25, 0.3) is 0 Å². The first-order valence-corrected chi connectivity index (χ1v) is 7.86. The zero-order valence-electron chi connectivity index (χ0n) is 11.0. The summed E-state index contributed by atoms with van der Waals surface area (Å²) in [5.74, 6) is 0.310. The maximum Gasteiger partial charge on any atom is 0.229 e. The summed E-state index contributed by atoms with van der Waals surface area (Å²) in [5.41, 5.74) is 8.10. The number of hydrogen-bond acceptors (Lipinski definition) is 6. The van der Waals surface area contributed by atoms with E-state index in [1.165, 1.54) is 6.33 Å². The highest BCUT2D eigenvalue weighted by molar-refractivity contribution is 7.92. The van der Waals surface area contributed by atoms with Crippen LogP contribution in [0.15, 0.2) is 30.6 Å². The lowest BCUT2D eigenvalue weighted by molar-refractivity contribution is 0.607. The van der Waals surface area contributed by atoms with Crippen LogP contribution < -0.4 is 10.5 Å². The molecule has 2 heterocycles. The highest BCUT2D eigenvalue weighted by atomic mass is 32.2. The third-order valence-corrected chi connectivity index (χ3v) is 3.43. The van der Waals surface area contributed by atoms with E-state index in [4.69, 9.17) is 5.73 Å². The Hall–Kier alpha value is -2.68. The molecule has 0 atom stereocenters. The third-order valence-electron chi connectivity index (χ3n) is 2.83. The van der Waals surface area contributed by atoms with Gasteiger partial charge in [0, 0.05) is 11.3 Å². The monoisotopic (exact) mass is 304 g/mol. The van der Waals surface area contributed by atoms with Crippen LogP contribution in [0.5, 0.6) is 0 Å². The van der Waals surface area contributed by atoms with E-state index in [0.717, 1.165) is 6.26 Å². The first kappa shape index (κ1) is 13.3. The average molecular weight is 304 g/mol. The van der Waals surface area contributed by atoms with E-state index in [0.29, 0.717) is 33.8 Å². The Bertz CT molecular complexity index is 918. The molecule has 3 rings (SSSR count). The Labute approximate surface area is 120 Å². The van der Waals surface area contributed by atoms with Crippen molar-refractivity contribution in [2.45, 2.75) is 0 Å². The molecule has 1 aromatic carbocycles. The predicted octanol–water partition coefficient (Wildman–Crippen LogP) is 0.974. The maximum atomic E-state index is 11.3. The van der Waals surface area contributed by atoms with Crippen molar-refractivity contribution in [1.82, 2.24) is 20.2 Å². The van der Waals surface area contributed by atoms with Crippen LogP contribution in [0, 0.1) is 0 Å². The van der Waals surface area contributed by atoms with Crippen molar-refractivity contribution in [2.75, 3.05) is 16.7 Å². The van der Waals surface area contributed by atoms with Crippen LogP contribution in [-0.2, 0) is 10.0 Å². The molecule has 8 nitrogen and oxygen atoms in total. The summed E-state index contributed by atoms with van der Waals surface area (Å²) in [4.78, 5) is 7.99. The number of sulfonamides is 1. The van der Waals surface area contributed by atoms with Gasteiger partial charge in [-0.3, -0.25) is 9.82 Å². The highest BCUT2D eigenvalue weighted by Crippen LogP contribution is 2.29. The Morgan fingerprint density at radius 1 is 1.29 bits per heavy atom. The molecule has 21 heavy (non-hydrogen) atoms. The van der Waals surface area contributed by atoms with Gasteiger partial charge < -0.3 is 5.73 Å². The van der Waals surface area contributed by atoms with E-state index in [1.807, 2.05) is 0 Å². The minimum atomic E-state index is -3.34. The van der Waals surface area contributed by atoms with Gasteiger partial charge >= 0.3 is 0 Å². The standard InChI is InChI=1S/C12H12N6O2S/c1-21(19,20)18-8-4-2-3-7(5-8)10-9-11(13)14-6-15-12(9)17-16-10/h2-6,18H,1H3,(H3,13,14,15,16,17). The quantitative estimate of drug-likeness (QED) is 0.662. The molecule has 0 amide bonds. The fourth-order valence-electron chi connectivity index (χ4n) is 2.04. The lowest BCUT2D eigenvalue weighted by atomic mass is 10.1. The molecule has 0 bridgehead atoms. The summed E-state index contributed by atoms with van der Waals surface area (Å²) in [5, 5.41) is 7.56. The second-order valence-corrected chi connectivity index (χ2v) is 6.26. The number of anilines is 2. The molecule has 0 aliphatic carbocycles. The Morgan fingerprint density at radius 2 is 2.10 bits per heavy atom. The molecule has 108 valence electrons. The molecule has 0 aliphatic rings. The zero-order valence-corrected chi connectivity index (χ0v) is 11.8. The van der Waals surface area contributed by atoms with Crippen LogP contribution in [0.4, 0.5) is 11.5 Å². The molecule has 0 unspecified atom stereocenters. The van der Waals surface area contributed by atoms with E-state index in [-0.39, 0.29) is 0 Å². The maximum absolute atomic E-state index is 11.3. The number of benzene rings is 1. The van der Waals surface area contributed by atoms with Gasteiger partial charge in [0.05, 0.1) is 11.6 Å². The summed E-state index contributed by atoms with van der Waals surface area (Å²) in [7, 11) is -3.34. The van der Waals surface area contributed by atoms with Crippen molar-refractivity contribution in [3.63, 3.8) is 0 Å². The Kier molecular flexibility index (Phi) is 2.98. The summed E-state index contributed by atoms with van der Waals surface area (Å²) in [6, 6.07) is 6.85. The van der Waals surface area contributed by atoms with Crippen molar-refractivity contribution in [2.24, 2.45) is 0 Å². The van der Waals surface area contributed by atoms with Gasteiger partial charge in [-0.05, 0) is 12.1 Å². The van der Waals surface area contributed by atoms with E-state index in [2.05, 4.69) is 24.9 Å². The van der Waals surface area contributed by atoms with Crippen molar-refractivity contribution < 1.29 is 8.42 Å². The molecule has 3 aromatic rings. The smallest absolute Gasteiger partial charge is 0.229 e. The first-order valence-electron chi connectivity index (χ1n) is 5.97. The molecule has 0 saturated heterocycles. The second kappa shape index (κ2) is 4.70. The summed E-state index contributed by atoms with van der Waals surface area (Å²) in [6.07, 6.45) is 2.44. The molecule has 0 fully saturated rings. The lowest BCUT2D eigenvalue weighted by Crippen LogP contribution is -2.09. The number of nitrogens with two attached hydrogens (primary N) is 1. The molecule has 2 aromatic heterocycles. The van der Waals surface area contributed by atoms with Crippen LogP contribution >= 0.6 is 0 Å². The van der Waals surface area contributed by atoms with Crippen LogP contribution in [-0.4, -0.2) is 34.8 Å².